The summed E-state index contributed by atoms with van der Waals surface area (Å²) >= 11 is 5.90. The van der Waals surface area contributed by atoms with Crippen molar-refractivity contribution in [3.05, 3.63) is 34.9 Å². The van der Waals surface area contributed by atoms with Crippen LogP contribution in [-0.4, -0.2) is 42.8 Å². The average Bonchev–Trinajstić information content (AvgIpc) is 2.44. The number of aliphatic hydroxyl groups is 1. The molecule has 0 bridgehead atoms. The van der Waals surface area contributed by atoms with Crippen molar-refractivity contribution in [1.82, 2.24) is 10.2 Å². The number of nitrogens with one attached hydrogen (secondary N) is 1. The van der Waals surface area contributed by atoms with Gasteiger partial charge < -0.3 is 15.3 Å². The van der Waals surface area contributed by atoms with Crippen molar-refractivity contribution in [2.45, 2.75) is 26.3 Å². The van der Waals surface area contributed by atoms with Gasteiger partial charge in [0.15, 0.2) is 0 Å². The van der Waals surface area contributed by atoms with Crippen LogP contribution in [0.15, 0.2) is 24.3 Å². The monoisotopic (exact) mass is 284 g/mol. The maximum absolute atomic E-state index is 9.68. The molecule has 0 saturated carbocycles. The standard InChI is InChI=1S/C15H25ClN2O/c1-4-18(5-2)11-10-17-15(3,12-19)13-6-8-14(16)9-7-13/h6-9,17,19H,4-5,10-12H2,1-3H3. The summed E-state index contributed by atoms with van der Waals surface area (Å²) in [5, 5.41) is 13.8. The van der Waals surface area contributed by atoms with Crippen molar-refractivity contribution < 1.29 is 5.11 Å². The Labute approximate surface area is 121 Å². The summed E-state index contributed by atoms with van der Waals surface area (Å²) < 4.78 is 0. The van der Waals surface area contributed by atoms with Crippen LogP contribution in [0.25, 0.3) is 0 Å². The van der Waals surface area contributed by atoms with Gasteiger partial charge in [0, 0.05) is 18.1 Å². The molecule has 0 fully saturated rings. The van der Waals surface area contributed by atoms with Gasteiger partial charge >= 0.3 is 0 Å². The Balaban J connectivity index is 2.62. The molecule has 4 heteroatoms. The van der Waals surface area contributed by atoms with E-state index in [4.69, 9.17) is 11.6 Å². The van der Waals surface area contributed by atoms with Gasteiger partial charge in [0.2, 0.25) is 0 Å². The van der Waals surface area contributed by atoms with Crippen LogP contribution in [0.1, 0.15) is 26.3 Å². The lowest BCUT2D eigenvalue weighted by atomic mass is 9.93. The average molecular weight is 285 g/mol. The molecule has 0 aromatic heterocycles. The Morgan fingerprint density at radius 3 is 2.26 bits per heavy atom. The fourth-order valence-electron chi connectivity index (χ4n) is 2.10. The fraction of sp³-hybridized carbons (Fsp3) is 0.600. The summed E-state index contributed by atoms with van der Waals surface area (Å²) in [5.41, 5.74) is 0.636. The second-order valence-corrected chi connectivity index (χ2v) is 5.39. The molecular formula is C15H25ClN2O. The molecule has 108 valence electrons. The molecule has 3 nitrogen and oxygen atoms in total. The van der Waals surface area contributed by atoms with E-state index in [2.05, 4.69) is 24.1 Å². The molecule has 1 atom stereocenters. The van der Waals surface area contributed by atoms with Crippen molar-refractivity contribution in [2.75, 3.05) is 32.8 Å². The number of hydrogen-bond acceptors (Lipinski definition) is 3. The molecule has 0 amide bonds. The molecule has 1 rings (SSSR count). The van der Waals surface area contributed by atoms with Gasteiger partial charge in [-0.05, 0) is 37.7 Å². The van der Waals surface area contributed by atoms with E-state index in [0.717, 1.165) is 31.7 Å². The molecule has 0 saturated heterocycles. The fourth-order valence-corrected chi connectivity index (χ4v) is 2.22. The Morgan fingerprint density at radius 1 is 1.21 bits per heavy atom. The van der Waals surface area contributed by atoms with E-state index >= 15 is 0 Å². The first-order valence-corrected chi connectivity index (χ1v) is 7.27. The molecule has 0 aliphatic heterocycles. The molecule has 0 heterocycles. The molecule has 0 radical (unpaired) electrons. The van der Waals surface area contributed by atoms with Gasteiger partial charge in [0.1, 0.15) is 0 Å². The second kappa shape index (κ2) is 7.85. The van der Waals surface area contributed by atoms with Gasteiger partial charge in [-0.15, -0.1) is 0 Å². The van der Waals surface area contributed by atoms with Crippen LogP contribution in [0.4, 0.5) is 0 Å². The van der Waals surface area contributed by atoms with Crippen molar-refractivity contribution in [3.63, 3.8) is 0 Å². The number of hydrogen-bond donors (Lipinski definition) is 2. The van der Waals surface area contributed by atoms with E-state index in [9.17, 15) is 5.11 Å². The molecule has 0 spiro atoms. The number of nitrogens with zero attached hydrogens (tertiary/aromatic N) is 1. The summed E-state index contributed by atoms with van der Waals surface area (Å²) in [6.07, 6.45) is 0. The largest absolute Gasteiger partial charge is 0.394 e. The molecule has 1 aromatic carbocycles. The SMILES string of the molecule is CCN(CC)CCNC(C)(CO)c1ccc(Cl)cc1. The number of likely N-dealkylation sites (N-methyl/N-ethyl adjacent to an activating group) is 1. The minimum absolute atomic E-state index is 0.0624. The van der Waals surface area contributed by atoms with Crippen molar-refractivity contribution in [1.29, 1.82) is 0 Å². The predicted octanol–water partition coefficient (Wildman–Crippen LogP) is 2.48. The Kier molecular flexibility index (Phi) is 6.80. The van der Waals surface area contributed by atoms with Gasteiger partial charge in [0.05, 0.1) is 12.1 Å². The highest BCUT2D eigenvalue weighted by molar-refractivity contribution is 6.30. The topological polar surface area (TPSA) is 35.5 Å². The summed E-state index contributed by atoms with van der Waals surface area (Å²) in [7, 11) is 0. The van der Waals surface area contributed by atoms with E-state index in [1.54, 1.807) is 0 Å². The van der Waals surface area contributed by atoms with E-state index in [0.29, 0.717) is 5.02 Å². The van der Waals surface area contributed by atoms with E-state index in [1.807, 2.05) is 31.2 Å². The zero-order valence-electron chi connectivity index (χ0n) is 12.1. The van der Waals surface area contributed by atoms with Crippen molar-refractivity contribution in [2.24, 2.45) is 0 Å². The first-order valence-electron chi connectivity index (χ1n) is 6.90. The third-order valence-electron chi connectivity index (χ3n) is 3.64. The Hall–Kier alpha value is -0.610. The highest BCUT2D eigenvalue weighted by Crippen LogP contribution is 2.21. The second-order valence-electron chi connectivity index (χ2n) is 4.95. The lowest BCUT2D eigenvalue weighted by Crippen LogP contribution is -2.46. The maximum Gasteiger partial charge on any atom is 0.0652 e. The van der Waals surface area contributed by atoms with Crippen molar-refractivity contribution >= 4 is 11.6 Å². The summed E-state index contributed by atoms with van der Waals surface area (Å²) in [6, 6.07) is 7.64. The summed E-state index contributed by atoms with van der Waals surface area (Å²) in [5.74, 6) is 0. The normalized spacial score (nSPS) is 14.6. The zero-order valence-corrected chi connectivity index (χ0v) is 12.9. The number of rotatable bonds is 8. The molecule has 0 aliphatic carbocycles. The van der Waals surface area contributed by atoms with Gasteiger partial charge in [-0.3, -0.25) is 0 Å². The number of aliphatic hydroxyl groups excluding tert-OH is 1. The molecule has 1 aromatic rings. The summed E-state index contributed by atoms with van der Waals surface area (Å²) in [4.78, 5) is 2.35. The van der Waals surface area contributed by atoms with Gasteiger partial charge in [-0.1, -0.05) is 37.6 Å². The highest BCUT2D eigenvalue weighted by Gasteiger charge is 2.24. The van der Waals surface area contributed by atoms with Crippen molar-refractivity contribution in [3.8, 4) is 0 Å². The smallest absolute Gasteiger partial charge is 0.0652 e. The summed E-state index contributed by atoms with van der Waals surface area (Å²) in [6.45, 7) is 10.3. The minimum Gasteiger partial charge on any atom is -0.394 e. The predicted molar refractivity (Wildman–Crippen MR) is 81.7 cm³/mol. The Bertz CT molecular complexity index is 365. The third kappa shape index (κ3) is 4.77. The lowest BCUT2D eigenvalue weighted by molar-refractivity contribution is 0.168. The van der Waals surface area contributed by atoms with Crippen LogP contribution in [-0.2, 0) is 5.54 Å². The first-order chi connectivity index (χ1) is 9.05. The quantitative estimate of drug-likeness (QED) is 0.770. The maximum atomic E-state index is 9.68. The van der Waals surface area contributed by atoms with Crippen LogP contribution in [0.5, 0.6) is 0 Å². The van der Waals surface area contributed by atoms with Crippen LogP contribution in [0.3, 0.4) is 0 Å². The number of halogens is 1. The Morgan fingerprint density at radius 2 is 1.79 bits per heavy atom. The van der Waals surface area contributed by atoms with E-state index in [1.165, 1.54) is 0 Å². The van der Waals surface area contributed by atoms with Crippen LogP contribution < -0.4 is 5.32 Å². The first kappa shape index (κ1) is 16.4. The third-order valence-corrected chi connectivity index (χ3v) is 3.89. The minimum atomic E-state index is -0.419. The lowest BCUT2D eigenvalue weighted by Gasteiger charge is -2.31. The zero-order chi connectivity index (χ0) is 14.3. The molecule has 0 aliphatic rings. The van der Waals surface area contributed by atoms with Crippen LogP contribution in [0, 0.1) is 0 Å². The van der Waals surface area contributed by atoms with Gasteiger partial charge in [-0.2, -0.15) is 0 Å². The van der Waals surface area contributed by atoms with E-state index in [-0.39, 0.29) is 6.61 Å². The highest BCUT2D eigenvalue weighted by atomic mass is 35.5. The molecule has 19 heavy (non-hydrogen) atoms. The molecular weight excluding hydrogens is 260 g/mol. The molecule has 2 N–H and O–H groups in total. The van der Waals surface area contributed by atoms with Crippen LogP contribution >= 0.6 is 11.6 Å². The van der Waals surface area contributed by atoms with Gasteiger partial charge in [-0.25, -0.2) is 0 Å². The van der Waals surface area contributed by atoms with Crippen LogP contribution in [0.2, 0.25) is 5.02 Å². The number of benzene rings is 1. The molecule has 1 unspecified atom stereocenters. The van der Waals surface area contributed by atoms with Gasteiger partial charge in [0.25, 0.3) is 0 Å². The van der Waals surface area contributed by atoms with E-state index < -0.39 is 5.54 Å².